The lowest BCUT2D eigenvalue weighted by molar-refractivity contribution is 0.618. The summed E-state index contributed by atoms with van der Waals surface area (Å²) in [5.41, 5.74) is 1.57. The van der Waals surface area contributed by atoms with Crippen LogP contribution in [0.3, 0.4) is 0 Å². The third-order valence-corrected chi connectivity index (χ3v) is 2.14. The van der Waals surface area contributed by atoms with Gasteiger partial charge in [-0.05, 0) is 30.7 Å². The van der Waals surface area contributed by atoms with Crippen molar-refractivity contribution in [2.24, 2.45) is 0 Å². The first-order chi connectivity index (χ1) is 6.65. The highest BCUT2D eigenvalue weighted by molar-refractivity contribution is 5.48. The molecule has 0 aliphatic carbocycles. The number of anilines is 1. The highest BCUT2D eigenvalue weighted by atomic mass is 19.1. The topological polar surface area (TPSA) is 27.0 Å². The molecule has 1 aromatic carbocycles. The number of nitriles is 1. The maximum atomic E-state index is 12.9. The van der Waals surface area contributed by atoms with Crippen molar-refractivity contribution in [2.75, 3.05) is 18.5 Å². The second kappa shape index (κ2) is 4.61. The van der Waals surface area contributed by atoms with Gasteiger partial charge in [-0.3, -0.25) is 0 Å². The zero-order valence-electron chi connectivity index (χ0n) is 8.42. The van der Waals surface area contributed by atoms with Gasteiger partial charge in [-0.1, -0.05) is 0 Å². The van der Waals surface area contributed by atoms with Crippen molar-refractivity contribution in [2.45, 2.75) is 13.3 Å². The van der Waals surface area contributed by atoms with E-state index in [1.807, 2.05) is 11.9 Å². The van der Waals surface area contributed by atoms with E-state index in [-0.39, 0.29) is 5.82 Å². The van der Waals surface area contributed by atoms with Crippen LogP contribution in [0.5, 0.6) is 0 Å². The summed E-state index contributed by atoms with van der Waals surface area (Å²) in [7, 11) is 1.89. The summed E-state index contributed by atoms with van der Waals surface area (Å²) in [5, 5.41) is 8.42. The fourth-order valence-electron chi connectivity index (χ4n) is 1.21. The maximum Gasteiger partial charge on any atom is 0.126 e. The van der Waals surface area contributed by atoms with Gasteiger partial charge in [-0.15, -0.1) is 0 Å². The molecule has 0 saturated heterocycles. The summed E-state index contributed by atoms with van der Waals surface area (Å²) in [6.07, 6.45) is 0.479. The number of hydrogen-bond acceptors (Lipinski definition) is 2. The van der Waals surface area contributed by atoms with Crippen LogP contribution < -0.4 is 4.90 Å². The molecule has 0 spiro atoms. The summed E-state index contributed by atoms with van der Waals surface area (Å²) < 4.78 is 12.9. The van der Waals surface area contributed by atoms with E-state index in [0.717, 1.165) is 5.69 Å². The monoisotopic (exact) mass is 192 g/mol. The van der Waals surface area contributed by atoms with Crippen molar-refractivity contribution in [1.29, 1.82) is 5.26 Å². The molecule has 0 bridgehead atoms. The van der Waals surface area contributed by atoms with Crippen LogP contribution >= 0.6 is 0 Å². The first kappa shape index (κ1) is 10.5. The van der Waals surface area contributed by atoms with E-state index in [1.165, 1.54) is 6.07 Å². The molecule has 74 valence electrons. The molecule has 0 aromatic heterocycles. The molecule has 0 amide bonds. The van der Waals surface area contributed by atoms with E-state index in [2.05, 4.69) is 6.07 Å². The van der Waals surface area contributed by atoms with E-state index in [0.29, 0.717) is 18.5 Å². The van der Waals surface area contributed by atoms with Gasteiger partial charge in [0.05, 0.1) is 12.5 Å². The Kier molecular flexibility index (Phi) is 3.47. The van der Waals surface area contributed by atoms with Crippen LogP contribution in [0, 0.1) is 24.1 Å². The minimum atomic E-state index is -0.192. The van der Waals surface area contributed by atoms with Crippen LogP contribution in [0.4, 0.5) is 10.1 Å². The Bertz CT molecular complexity index is 355. The lowest BCUT2D eigenvalue weighted by Gasteiger charge is -2.18. The van der Waals surface area contributed by atoms with Crippen molar-refractivity contribution in [3.8, 4) is 6.07 Å². The minimum absolute atomic E-state index is 0.192. The molecule has 1 aromatic rings. The molecule has 0 unspecified atom stereocenters. The highest BCUT2D eigenvalue weighted by Crippen LogP contribution is 2.16. The maximum absolute atomic E-state index is 12.9. The molecule has 0 aliphatic heterocycles. The number of aryl methyl sites for hydroxylation is 1. The first-order valence-corrected chi connectivity index (χ1v) is 4.49. The van der Waals surface area contributed by atoms with Gasteiger partial charge in [0.25, 0.3) is 0 Å². The molecule has 0 saturated carbocycles. The number of nitrogens with zero attached hydrogens (tertiary/aromatic N) is 2. The zero-order chi connectivity index (χ0) is 10.6. The lowest BCUT2D eigenvalue weighted by Crippen LogP contribution is -2.18. The average molecular weight is 192 g/mol. The highest BCUT2D eigenvalue weighted by Gasteiger charge is 2.02. The van der Waals surface area contributed by atoms with Gasteiger partial charge in [0, 0.05) is 19.3 Å². The standard InChI is InChI=1S/C11H13FN2/c1-9-8-10(4-5-11(9)12)14(2)7-3-6-13/h4-5,8H,3,7H2,1-2H3. The van der Waals surface area contributed by atoms with Gasteiger partial charge >= 0.3 is 0 Å². The SMILES string of the molecule is Cc1cc(N(C)CCC#N)ccc1F. The molecule has 1 rings (SSSR count). The Morgan fingerprint density at radius 3 is 2.79 bits per heavy atom. The van der Waals surface area contributed by atoms with E-state index in [4.69, 9.17) is 5.26 Å². The van der Waals surface area contributed by atoms with Crippen LogP contribution in [0.1, 0.15) is 12.0 Å². The van der Waals surface area contributed by atoms with Crippen LogP contribution in [0.2, 0.25) is 0 Å². The average Bonchev–Trinajstić information content (AvgIpc) is 2.18. The van der Waals surface area contributed by atoms with E-state index in [9.17, 15) is 4.39 Å². The molecule has 0 atom stereocenters. The smallest absolute Gasteiger partial charge is 0.126 e. The van der Waals surface area contributed by atoms with Crippen LogP contribution in [0.25, 0.3) is 0 Å². The Morgan fingerprint density at radius 2 is 2.21 bits per heavy atom. The molecule has 2 nitrogen and oxygen atoms in total. The quantitative estimate of drug-likeness (QED) is 0.735. The van der Waals surface area contributed by atoms with Crippen molar-refractivity contribution >= 4 is 5.69 Å². The number of benzene rings is 1. The van der Waals surface area contributed by atoms with Gasteiger partial charge in [-0.25, -0.2) is 4.39 Å². The molecule has 0 fully saturated rings. The van der Waals surface area contributed by atoms with Gasteiger partial charge < -0.3 is 4.90 Å². The van der Waals surface area contributed by atoms with Gasteiger partial charge in [0.1, 0.15) is 5.82 Å². The Labute approximate surface area is 83.6 Å². The largest absolute Gasteiger partial charge is 0.374 e. The number of halogens is 1. The van der Waals surface area contributed by atoms with E-state index < -0.39 is 0 Å². The third kappa shape index (κ3) is 2.46. The molecule has 14 heavy (non-hydrogen) atoms. The Morgan fingerprint density at radius 1 is 1.50 bits per heavy atom. The molecule has 0 radical (unpaired) electrons. The second-order valence-electron chi connectivity index (χ2n) is 3.26. The molecule has 3 heteroatoms. The Balaban J connectivity index is 2.76. The van der Waals surface area contributed by atoms with E-state index >= 15 is 0 Å². The third-order valence-electron chi connectivity index (χ3n) is 2.14. The summed E-state index contributed by atoms with van der Waals surface area (Å²) in [6, 6.07) is 7.04. The molecule has 0 N–H and O–H groups in total. The molecule has 0 heterocycles. The summed E-state index contributed by atoms with van der Waals surface area (Å²) >= 11 is 0. The van der Waals surface area contributed by atoms with Crippen LogP contribution in [0.15, 0.2) is 18.2 Å². The van der Waals surface area contributed by atoms with Crippen molar-refractivity contribution < 1.29 is 4.39 Å². The van der Waals surface area contributed by atoms with Crippen molar-refractivity contribution in [3.05, 3.63) is 29.6 Å². The summed E-state index contributed by atoms with van der Waals surface area (Å²) in [5.74, 6) is -0.192. The predicted octanol–water partition coefficient (Wildman–Crippen LogP) is 2.48. The summed E-state index contributed by atoms with van der Waals surface area (Å²) in [4.78, 5) is 1.94. The molecule has 0 aliphatic rings. The second-order valence-corrected chi connectivity index (χ2v) is 3.26. The fraction of sp³-hybridized carbons (Fsp3) is 0.364. The number of rotatable bonds is 3. The normalized spacial score (nSPS) is 9.57. The predicted molar refractivity (Wildman–Crippen MR) is 54.6 cm³/mol. The fourth-order valence-corrected chi connectivity index (χ4v) is 1.21. The van der Waals surface area contributed by atoms with Gasteiger partial charge in [-0.2, -0.15) is 5.26 Å². The van der Waals surface area contributed by atoms with Crippen LogP contribution in [-0.4, -0.2) is 13.6 Å². The Hall–Kier alpha value is -1.56. The molecular weight excluding hydrogens is 179 g/mol. The minimum Gasteiger partial charge on any atom is -0.374 e. The number of hydrogen-bond donors (Lipinski definition) is 0. The van der Waals surface area contributed by atoms with E-state index in [1.54, 1.807) is 19.1 Å². The molecular formula is C11H13FN2. The van der Waals surface area contributed by atoms with Crippen molar-refractivity contribution in [3.63, 3.8) is 0 Å². The zero-order valence-corrected chi connectivity index (χ0v) is 8.42. The lowest BCUT2D eigenvalue weighted by atomic mass is 10.2. The van der Waals surface area contributed by atoms with Crippen LogP contribution in [-0.2, 0) is 0 Å². The first-order valence-electron chi connectivity index (χ1n) is 4.49. The summed E-state index contributed by atoms with van der Waals surface area (Å²) in [6.45, 7) is 2.40. The van der Waals surface area contributed by atoms with Gasteiger partial charge in [0.2, 0.25) is 0 Å². The van der Waals surface area contributed by atoms with Gasteiger partial charge in [0.15, 0.2) is 0 Å². The van der Waals surface area contributed by atoms with Crippen molar-refractivity contribution in [1.82, 2.24) is 0 Å².